The molecule has 0 amide bonds. The Bertz CT molecular complexity index is 1480. The van der Waals surface area contributed by atoms with Crippen molar-refractivity contribution >= 4 is 5.69 Å². The summed E-state index contributed by atoms with van der Waals surface area (Å²) in [6.07, 6.45) is 6.76. The molecule has 0 bridgehead atoms. The van der Waals surface area contributed by atoms with Crippen molar-refractivity contribution in [2.75, 3.05) is 0 Å². The first-order chi connectivity index (χ1) is 16.8. The van der Waals surface area contributed by atoms with Crippen molar-refractivity contribution < 1.29 is 20.1 Å². The summed E-state index contributed by atoms with van der Waals surface area (Å²) in [6, 6.07) is 30.1. The number of pyridine rings is 1. The Kier molecular flexibility index (Phi) is 7.67. The molecular weight excluding hydrogens is 609 g/mol. The molecule has 1 aliphatic rings. The van der Waals surface area contributed by atoms with Crippen molar-refractivity contribution in [2.24, 2.45) is 0 Å². The number of rotatable bonds is 2. The van der Waals surface area contributed by atoms with Gasteiger partial charge in [0.25, 0.3) is 0 Å². The minimum atomic E-state index is 0. The quantitative estimate of drug-likeness (QED) is 0.198. The fourth-order valence-electron chi connectivity index (χ4n) is 4.27. The molecule has 6 rings (SSSR count). The average Bonchev–Trinajstić information content (AvgIpc) is 3.39. The number of aromatic nitrogens is 3. The first kappa shape index (κ1) is 24.3. The number of benzene rings is 3. The summed E-state index contributed by atoms with van der Waals surface area (Å²) in [4.78, 5) is 12.4. The van der Waals surface area contributed by atoms with Gasteiger partial charge in [-0.2, -0.15) is 4.85 Å². The Labute approximate surface area is 219 Å². The molecule has 2 aromatic heterocycles. The standard InChI is InChI=1S/C19H13N2.C11H9N2.Ir/c1-14-12-13-21-19(16-10-6-7-11-17(16)20-2)18(14)15-8-4-3-5-9-15;1-2-4-10-9(3-1)5-7-13-8-6-12-11(10)13;/h3-9,11-13H,1H3;1-3,6,8H,5,7H2;/q2*-1;. The van der Waals surface area contributed by atoms with Crippen molar-refractivity contribution in [1.29, 1.82) is 0 Å². The van der Waals surface area contributed by atoms with Gasteiger partial charge >= 0.3 is 0 Å². The topological polar surface area (TPSA) is 35.1 Å². The molecule has 0 aliphatic carbocycles. The number of fused-ring (bicyclic) bond motifs is 3. The molecule has 4 nitrogen and oxygen atoms in total. The van der Waals surface area contributed by atoms with Gasteiger partial charge < -0.3 is 9.55 Å². The van der Waals surface area contributed by atoms with Gasteiger partial charge in [-0.05, 0) is 41.7 Å². The van der Waals surface area contributed by atoms with E-state index in [9.17, 15) is 0 Å². The fraction of sp³-hybridized carbons (Fsp3) is 0.100. The molecule has 0 unspecified atom stereocenters. The molecule has 0 saturated carbocycles. The molecule has 1 aliphatic heterocycles. The van der Waals surface area contributed by atoms with E-state index in [0.29, 0.717) is 5.69 Å². The van der Waals surface area contributed by atoms with Gasteiger partial charge in [-0.15, -0.1) is 53.6 Å². The molecule has 0 saturated heterocycles. The molecule has 5 heteroatoms. The summed E-state index contributed by atoms with van der Waals surface area (Å²) in [5.41, 5.74) is 7.98. The van der Waals surface area contributed by atoms with E-state index in [1.807, 2.05) is 60.9 Å². The molecule has 3 heterocycles. The molecule has 173 valence electrons. The number of aryl methyl sites for hydroxylation is 3. The van der Waals surface area contributed by atoms with Crippen LogP contribution in [-0.2, 0) is 33.1 Å². The van der Waals surface area contributed by atoms with Crippen molar-refractivity contribution in [1.82, 2.24) is 14.5 Å². The van der Waals surface area contributed by atoms with E-state index in [1.165, 1.54) is 11.1 Å². The Balaban J connectivity index is 0.000000177. The van der Waals surface area contributed by atoms with E-state index in [1.54, 1.807) is 12.3 Å². The van der Waals surface area contributed by atoms with Gasteiger partial charge in [0.1, 0.15) is 6.57 Å². The predicted molar refractivity (Wildman–Crippen MR) is 135 cm³/mol. The number of hydrogen-bond acceptors (Lipinski definition) is 2. The summed E-state index contributed by atoms with van der Waals surface area (Å²) >= 11 is 0. The number of nitrogens with zero attached hydrogens (tertiary/aromatic N) is 4. The van der Waals surface area contributed by atoms with Crippen molar-refractivity contribution in [3.8, 4) is 33.8 Å². The molecule has 3 aromatic carbocycles. The van der Waals surface area contributed by atoms with Gasteiger partial charge in [0.2, 0.25) is 5.69 Å². The van der Waals surface area contributed by atoms with Crippen LogP contribution in [0, 0.1) is 25.6 Å². The number of hydrogen-bond donors (Lipinski definition) is 0. The van der Waals surface area contributed by atoms with Gasteiger partial charge in [-0.1, -0.05) is 36.4 Å². The van der Waals surface area contributed by atoms with Gasteiger partial charge in [0, 0.05) is 50.9 Å². The summed E-state index contributed by atoms with van der Waals surface area (Å²) in [5, 5.41) is 0. The zero-order chi connectivity index (χ0) is 23.3. The maximum Gasteiger partial charge on any atom is 0.235 e. The van der Waals surface area contributed by atoms with Gasteiger partial charge in [-0.3, -0.25) is 4.98 Å². The molecule has 0 atom stereocenters. The Morgan fingerprint density at radius 1 is 0.886 bits per heavy atom. The van der Waals surface area contributed by atoms with Gasteiger partial charge in [0.05, 0.1) is 5.82 Å². The van der Waals surface area contributed by atoms with E-state index in [0.717, 1.165) is 46.7 Å². The predicted octanol–water partition coefficient (Wildman–Crippen LogP) is 6.98. The minimum Gasteiger partial charge on any atom is -0.371 e. The first-order valence-corrected chi connectivity index (χ1v) is 11.2. The SMILES string of the molecule is [C-]#[N+]c1ccc[c-]c1-c1nccc(C)c1-c1ccccc1.[Ir].[c-]1cccc2c1-c1nccn1CC2. The smallest absolute Gasteiger partial charge is 0.235 e. The van der Waals surface area contributed by atoms with Crippen LogP contribution < -0.4 is 0 Å². The third-order valence-electron chi connectivity index (χ3n) is 5.92. The second kappa shape index (κ2) is 11.1. The molecular formula is C30H22IrN4-2. The van der Waals surface area contributed by atoms with Crippen LogP contribution in [0.5, 0.6) is 0 Å². The average molecular weight is 631 g/mol. The minimum absolute atomic E-state index is 0. The van der Waals surface area contributed by atoms with Crippen molar-refractivity contribution in [3.63, 3.8) is 0 Å². The van der Waals surface area contributed by atoms with E-state index < -0.39 is 0 Å². The Morgan fingerprint density at radius 2 is 1.66 bits per heavy atom. The van der Waals surface area contributed by atoms with E-state index in [-0.39, 0.29) is 20.1 Å². The van der Waals surface area contributed by atoms with Crippen LogP contribution in [0.3, 0.4) is 0 Å². The molecule has 0 spiro atoms. The Morgan fingerprint density at radius 3 is 2.46 bits per heavy atom. The molecule has 35 heavy (non-hydrogen) atoms. The second-order valence-corrected chi connectivity index (χ2v) is 8.02. The van der Waals surface area contributed by atoms with E-state index in [2.05, 4.69) is 56.6 Å². The summed E-state index contributed by atoms with van der Waals surface area (Å²) in [7, 11) is 0. The van der Waals surface area contributed by atoms with Crippen LogP contribution in [0.15, 0.2) is 91.4 Å². The zero-order valence-corrected chi connectivity index (χ0v) is 21.6. The second-order valence-electron chi connectivity index (χ2n) is 8.02. The van der Waals surface area contributed by atoms with Crippen LogP contribution in [0.2, 0.25) is 0 Å². The van der Waals surface area contributed by atoms with Crippen molar-refractivity contribution in [3.05, 3.63) is 126 Å². The van der Waals surface area contributed by atoms with Crippen LogP contribution in [-0.4, -0.2) is 14.5 Å². The summed E-state index contributed by atoms with van der Waals surface area (Å²) in [6.45, 7) is 10.4. The first-order valence-electron chi connectivity index (χ1n) is 11.2. The van der Waals surface area contributed by atoms with Gasteiger partial charge in [0.15, 0.2) is 0 Å². The molecule has 0 N–H and O–H groups in total. The van der Waals surface area contributed by atoms with Crippen LogP contribution in [0.4, 0.5) is 5.69 Å². The van der Waals surface area contributed by atoms with Crippen LogP contribution in [0.25, 0.3) is 38.6 Å². The van der Waals surface area contributed by atoms with E-state index >= 15 is 0 Å². The largest absolute Gasteiger partial charge is 0.371 e. The third-order valence-corrected chi connectivity index (χ3v) is 5.92. The molecule has 1 radical (unpaired) electrons. The summed E-state index contributed by atoms with van der Waals surface area (Å²) < 4.78 is 2.18. The van der Waals surface area contributed by atoms with Crippen LogP contribution in [0.1, 0.15) is 11.1 Å². The third kappa shape index (κ3) is 5.00. The normalized spacial score (nSPS) is 11.1. The fourth-order valence-corrected chi connectivity index (χ4v) is 4.27. The number of imidazole rings is 1. The van der Waals surface area contributed by atoms with Crippen LogP contribution >= 0.6 is 0 Å². The monoisotopic (exact) mass is 631 g/mol. The molecule has 0 fully saturated rings. The van der Waals surface area contributed by atoms with E-state index in [4.69, 9.17) is 6.57 Å². The zero-order valence-electron chi connectivity index (χ0n) is 19.2. The maximum absolute atomic E-state index is 7.34. The summed E-state index contributed by atoms with van der Waals surface area (Å²) in [5.74, 6) is 1.06. The van der Waals surface area contributed by atoms with Crippen molar-refractivity contribution in [2.45, 2.75) is 19.9 Å². The molecule has 5 aromatic rings. The van der Waals surface area contributed by atoms with Gasteiger partial charge in [-0.25, -0.2) is 0 Å². The Hall–Kier alpha value is -3.84. The maximum atomic E-state index is 7.34.